The summed E-state index contributed by atoms with van der Waals surface area (Å²) in [5, 5.41) is 0. The van der Waals surface area contributed by atoms with E-state index in [0.29, 0.717) is 38.2 Å². The SMILES string of the molecule is CC1(C)COC(=O)CCCCCCOc2cccc(c2)COC(=O)C2CCCCN2C(=O)C1=O.CCc1ccccc1. The van der Waals surface area contributed by atoms with Gasteiger partial charge in [-0.25, -0.2) is 4.79 Å². The highest BCUT2D eigenvalue weighted by Gasteiger charge is 2.42. The van der Waals surface area contributed by atoms with Crippen molar-refractivity contribution in [2.24, 2.45) is 5.41 Å². The summed E-state index contributed by atoms with van der Waals surface area (Å²) in [4.78, 5) is 52.4. The molecule has 1 saturated heterocycles. The molecule has 228 valence electrons. The first-order chi connectivity index (χ1) is 20.2. The van der Waals surface area contributed by atoms with Crippen LogP contribution >= 0.6 is 0 Å². The van der Waals surface area contributed by atoms with Crippen LogP contribution in [-0.2, 0) is 41.7 Å². The third-order valence-electron chi connectivity index (χ3n) is 7.51. The monoisotopic (exact) mass is 579 g/mol. The van der Waals surface area contributed by atoms with Gasteiger partial charge < -0.3 is 19.1 Å². The molecule has 4 rings (SSSR count). The number of hydrogen-bond acceptors (Lipinski definition) is 7. The summed E-state index contributed by atoms with van der Waals surface area (Å²) in [6.45, 7) is 6.08. The average Bonchev–Trinajstić information content (AvgIpc) is 3.02. The molecule has 8 nitrogen and oxygen atoms in total. The predicted octanol–water partition coefficient (Wildman–Crippen LogP) is 5.84. The van der Waals surface area contributed by atoms with E-state index in [1.54, 1.807) is 13.8 Å². The Kier molecular flexibility index (Phi) is 13.0. The fourth-order valence-corrected chi connectivity index (χ4v) is 4.84. The Labute approximate surface area is 249 Å². The van der Waals surface area contributed by atoms with Gasteiger partial charge in [0.1, 0.15) is 25.0 Å². The number of carbonyl (C=O) groups excluding carboxylic acids is 4. The molecular formula is C34H45NO7. The maximum atomic E-state index is 13.1. The number of Topliss-reactive ketones (excluding diaryl/α,β-unsaturated/α-hetero) is 1. The largest absolute Gasteiger partial charge is 0.494 e. The van der Waals surface area contributed by atoms with Crippen LogP contribution in [0.1, 0.15) is 83.3 Å². The maximum absolute atomic E-state index is 13.1. The van der Waals surface area contributed by atoms with Gasteiger partial charge >= 0.3 is 11.9 Å². The summed E-state index contributed by atoms with van der Waals surface area (Å²) in [7, 11) is 0. The lowest BCUT2D eigenvalue weighted by Gasteiger charge is -2.35. The Hall–Kier alpha value is -3.68. The number of piperidine rings is 1. The number of amides is 1. The first kappa shape index (κ1) is 32.8. The minimum atomic E-state index is -1.19. The topological polar surface area (TPSA) is 99.2 Å². The van der Waals surface area contributed by atoms with Gasteiger partial charge in [0.15, 0.2) is 0 Å². The lowest BCUT2D eigenvalue weighted by molar-refractivity contribution is -0.163. The molecule has 0 aliphatic carbocycles. The number of rotatable bonds is 1. The third kappa shape index (κ3) is 10.3. The second-order valence-electron chi connectivity index (χ2n) is 11.5. The van der Waals surface area contributed by atoms with E-state index in [1.807, 2.05) is 30.3 Å². The van der Waals surface area contributed by atoms with E-state index < -0.39 is 29.1 Å². The highest BCUT2D eigenvalue weighted by molar-refractivity contribution is 6.38. The molecule has 0 saturated carbocycles. The zero-order valence-corrected chi connectivity index (χ0v) is 25.3. The number of fused-ring (bicyclic) bond motifs is 3. The van der Waals surface area contributed by atoms with Crippen molar-refractivity contribution in [1.29, 1.82) is 0 Å². The van der Waals surface area contributed by atoms with Crippen molar-refractivity contribution in [1.82, 2.24) is 4.90 Å². The van der Waals surface area contributed by atoms with Gasteiger partial charge in [-0.3, -0.25) is 14.4 Å². The summed E-state index contributed by atoms with van der Waals surface area (Å²) in [6, 6.07) is 17.0. The maximum Gasteiger partial charge on any atom is 0.329 e. The molecule has 0 N–H and O–H groups in total. The zero-order valence-electron chi connectivity index (χ0n) is 25.3. The van der Waals surface area contributed by atoms with Crippen molar-refractivity contribution < 1.29 is 33.4 Å². The Bertz CT molecular complexity index is 1180. The van der Waals surface area contributed by atoms with Gasteiger partial charge in [-0.2, -0.15) is 0 Å². The number of ether oxygens (including phenoxy) is 3. The lowest BCUT2D eigenvalue weighted by atomic mass is 9.87. The van der Waals surface area contributed by atoms with E-state index in [1.165, 1.54) is 10.5 Å². The van der Waals surface area contributed by atoms with Crippen LogP contribution in [0.5, 0.6) is 5.75 Å². The number of esters is 2. The van der Waals surface area contributed by atoms with Crippen LogP contribution in [0, 0.1) is 5.41 Å². The van der Waals surface area contributed by atoms with Gasteiger partial charge in [-0.15, -0.1) is 0 Å². The van der Waals surface area contributed by atoms with Crippen LogP contribution in [0.2, 0.25) is 0 Å². The molecular weight excluding hydrogens is 534 g/mol. The Morgan fingerprint density at radius 2 is 1.60 bits per heavy atom. The van der Waals surface area contributed by atoms with Gasteiger partial charge in [0.05, 0.1) is 12.0 Å². The quantitative estimate of drug-likeness (QED) is 0.309. The number of hydrogen-bond donors (Lipinski definition) is 0. The molecule has 0 radical (unpaired) electrons. The van der Waals surface area contributed by atoms with Gasteiger partial charge in [0, 0.05) is 13.0 Å². The van der Waals surface area contributed by atoms with Crippen LogP contribution in [0.4, 0.5) is 0 Å². The molecule has 1 fully saturated rings. The number of ketones is 1. The van der Waals surface area contributed by atoms with E-state index in [4.69, 9.17) is 14.2 Å². The molecule has 2 bridgehead atoms. The molecule has 2 aliphatic rings. The van der Waals surface area contributed by atoms with E-state index in [0.717, 1.165) is 37.7 Å². The molecule has 0 spiro atoms. The zero-order chi connectivity index (χ0) is 30.4. The van der Waals surface area contributed by atoms with Crippen LogP contribution in [0.3, 0.4) is 0 Å². The fourth-order valence-electron chi connectivity index (χ4n) is 4.84. The van der Waals surface area contributed by atoms with E-state index >= 15 is 0 Å². The van der Waals surface area contributed by atoms with Crippen LogP contribution < -0.4 is 4.74 Å². The number of aryl methyl sites for hydroxylation is 1. The average molecular weight is 580 g/mol. The van der Waals surface area contributed by atoms with Crippen molar-refractivity contribution >= 4 is 23.6 Å². The van der Waals surface area contributed by atoms with Gasteiger partial charge in [-0.05, 0) is 75.6 Å². The molecule has 2 heterocycles. The molecule has 1 amide bonds. The molecule has 2 aliphatic heterocycles. The van der Waals surface area contributed by atoms with Crippen molar-refractivity contribution in [3.8, 4) is 5.75 Å². The van der Waals surface area contributed by atoms with Crippen molar-refractivity contribution in [2.45, 2.75) is 91.2 Å². The standard InChI is InChI=1S/C26H35NO7.C8H10/c1-26(2)18-34-22(28)13-5-3-4-8-15-32-20-11-9-10-19(16-20)17-33-25(31)21-12-6-7-14-27(21)24(30)23(26)29;1-2-8-6-4-3-5-7-8/h9-11,16,21H,3-8,12-15,17-18H2,1-2H3;3-7H,2H2,1H3. The second-order valence-corrected chi connectivity index (χ2v) is 11.5. The number of cyclic esters (lactones) is 2. The van der Waals surface area contributed by atoms with Crippen LogP contribution in [0.25, 0.3) is 0 Å². The van der Waals surface area contributed by atoms with Crippen molar-refractivity contribution in [3.05, 3.63) is 65.7 Å². The Balaban J connectivity index is 0.000000521. The van der Waals surface area contributed by atoms with Gasteiger partial charge in [0.2, 0.25) is 5.78 Å². The molecule has 1 atom stereocenters. The van der Waals surface area contributed by atoms with E-state index in [9.17, 15) is 19.2 Å². The minimum Gasteiger partial charge on any atom is -0.494 e. The van der Waals surface area contributed by atoms with Crippen molar-refractivity contribution in [3.63, 3.8) is 0 Å². The normalized spacial score (nSPS) is 20.8. The fraction of sp³-hybridized carbons (Fsp3) is 0.529. The molecule has 42 heavy (non-hydrogen) atoms. The molecule has 0 aromatic heterocycles. The molecule has 8 heteroatoms. The van der Waals surface area contributed by atoms with Crippen LogP contribution in [0.15, 0.2) is 54.6 Å². The van der Waals surface area contributed by atoms with E-state index in [-0.39, 0.29) is 25.6 Å². The van der Waals surface area contributed by atoms with Crippen LogP contribution in [-0.4, -0.2) is 54.3 Å². The molecule has 2 aromatic rings. The van der Waals surface area contributed by atoms with Gasteiger partial charge in [-0.1, -0.05) is 62.2 Å². The Morgan fingerprint density at radius 3 is 2.33 bits per heavy atom. The number of benzene rings is 2. The van der Waals surface area contributed by atoms with Gasteiger partial charge in [0.25, 0.3) is 5.91 Å². The minimum absolute atomic E-state index is 0.0595. The molecule has 1 unspecified atom stereocenters. The summed E-state index contributed by atoms with van der Waals surface area (Å²) in [5.74, 6) is -1.61. The number of carbonyl (C=O) groups is 4. The number of nitrogens with zero attached hydrogens (tertiary/aromatic N) is 1. The highest BCUT2D eigenvalue weighted by atomic mass is 16.5. The molecule has 2 aromatic carbocycles. The third-order valence-corrected chi connectivity index (χ3v) is 7.51. The summed E-state index contributed by atoms with van der Waals surface area (Å²) >= 11 is 0. The highest BCUT2D eigenvalue weighted by Crippen LogP contribution is 2.25. The predicted molar refractivity (Wildman–Crippen MR) is 160 cm³/mol. The van der Waals surface area contributed by atoms with Crippen molar-refractivity contribution in [2.75, 3.05) is 19.8 Å². The Morgan fingerprint density at radius 1 is 0.833 bits per heavy atom. The summed E-state index contributed by atoms with van der Waals surface area (Å²) < 4.78 is 16.6. The second kappa shape index (κ2) is 16.7. The smallest absolute Gasteiger partial charge is 0.329 e. The summed E-state index contributed by atoms with van der Waals surface area (Å²) in [6.07, 6.45) is 6.65. The first-order valence-electron chi connectivity index (χ1n) is 15.1. The first-order valence-corrected chi connectivity index (χ1v) is 15.1. The van der Waals surface area contributed by atoms with E-state index in [2.05, 4.69) is 31.2 Å². The summed E-state index contributed by atoms with van der Waals surface area (Å²) in [5.41, 5.74) is 1.01. The lowest BCUT2D eigenvalue weighted by Crippen LogP contribution is -2.53.